The van der Waals surface area contributed by atoms with E-state index in [-0.39, 0.29) is 12.0 Å². The van der Waals surface area contributed by atoms with Gasteiger partial charge in [0.15, 0.2) is 0 Å². The second-order valence-electron chi connectivity index (χ2n) is 3.08. The van der Waals surface area contributed by atoms with E-state index in [1.165, 1.54) is 0 Å². The largest absolute Gasteiger partial charge is 0.347 e. The molecule has 1 fully saturated rings. The molecule has 0 aliphatic heterocycles. The first kappa shape index (κ1) is 9.90. The first-order chi connectivity index (χ1) is 6.15. The van der Waals surface area contributed by atoms with E-state index < -0.39 is 12.3 Å². The molecule has 2 atom stereocenters. The van der Waals surface area contributed by atoms with Crippen molar-refractivity contribution in [2.24, 2.45) is 5.92 Å². The van der Waals surface area contributed by atoms with Crippen LogP contribution < -0.4 is 5.32 Å². The molecule has 1 N–H and O–H groups in total. The Kier molecular flexibility index (Phi) is 3.18. The van der Waals surface area contributed by atoms with Crippen LogP contribution in [-0.4, -0.2) is 18.4 Å². The zero-order chi connectivity index (χ0) is 9.84. The number of nitrogens with zero attached hydrogens (tertiary/aromatic N) is 1. The molecule has 0 heterocycles. The van der Waals surface area contributed by atoms with Crippen LogP contribution in [0.3, 0.4) is 0 Å². The van der Waals surface area contributed by atoms with E-state index in [0.717, 1.165) is 6.42 Å². The summed E-state index contributed by atoms with van der Waals surface area (Å²) in [5.41, 5.74) is 0. The Morgan fingerprint density at radius 2 is 2.23 bits per heavy atom. The van der Waals surface area contributed by atoms with Crippen molar-refractivity contribution in [1.29, 1.82) is 5.26 Å². The number of nitriles is 1. The number of hydrogen-bond acceptors (Lipinski definition) is 2. The normalized spacial score (nSPS) is 27.2. The van der Waals surface area contributed by atoms with Crippen molar-refractivity contribution in [1.82, 2.24) is 5.32 Å². The van der Waals surface area contributed by atoms with Gasteiger partial charge in [0.1, 0.15) is 0 Å². The van der Waals surface area contributed by atoms with Gasteiger partial charge in [0.05, 0.1) is 12.0 Å². The maximum atomic E-state index is 11.8. The molecule has 1 saturated carbocycles. The molecule has 3 nitrogen and oxygen atoms in total. The molecule has 1 rings (SSSR count). The van der Waals surface area contributed by atoms with E-state index in [4.69, 9.17) is 5.26 Å². The van der Waals surface area contributed by atoms with Crippen molar-refractivity contribution in [2.75, 3.05) is 0 Å². The van der Waals surface area contributed by atoms with Crippen molar-refractivity contribution in [3.63, 3.8) is 0 Å². The lowest BCUT2D eigenvalue weighted by molar-refractivity contribution is -0.132. The third-order valence-electron chi connectivity index (χ3n) is 2.21. The zero-order valence-corrected chi connectivity index (χ0v) is 6.96. The van der Waals surface area contributed by atoms with Crippen LogP contribution in [0.2, 0.25) is 0 Å². The topological polar surface area (TPSA) is 52.9 Å². The highest BCUT2D eigenvalue weighted by molar-refractivity contribution is 5.79. The van der Waals surface area contributed by atoms with Crippen molar-refractivity contribution in [2.45, 2.75) is 31.7 Å². The monoisotopic (exact) mass is 188 g/mol. The number of amides is 1. The SMILES string of the molecule is N#CC1CCCC1NC(=O)C(F)F. The fourth-order valence-electron chi connectivity index (χ4n) is 1.53. The Bertz CT molecular complexity index is 237. The van der Waals surface area contributed by atoms with Gasteiger partial charge in [-0.15, -0.1) is 0 Å². The van der Waals surface area contributed by atoms with Gasteiger partial charge in [-0.05, 0) is 19.3 Å². The van der Waals surface area contributed by atoms with Crippen LogP contribution in [0.25, 0.3) is 0 Å². The average molecular weight is 188 g/mol. The van der Waals surface area contributed by atoms with E-state index in [9.17, 15) is 13.6 Å². The minimum absolute atomic E-state index is 0.303. The minimum Gasteiger partial charge on any atom is -0.347 e. The lowest BCUT2D eigenvalue weighted by Crippen LogP contribution is -2.40. The fraction of sp³-hybridized carbons (Fsp3) is 0.750. The van der Waals surface area contributed by atoms with Gasteiger partial charge in [-0.3, -0.25) is 4.79 Å². The Labute approximate surface area is 74.7 Å². The Balaban J connectivity index is 2.45. The molecule has 13 heavy (non-hydrogen) atoms. The molecule has 0 spiro atoms. The van der Waals surface area contributed by atoms with E-state index in [2.05, 4.69) is 5.32 Å². The minimum atomic E-state index is -2.99. The van der Waals surface area contributed by atoms with Gasteiger partial charge in [0.25, 0.3) is 5.91 Å². The summed E-state index contributed by atoms with van der Waals surface area (Å²) >= 11 is 0. The molecule has 0 saturated heterocycles. The first-order valence-electron chi connectivity index (χ1n) is 4.13. The van der Waals surface area contributed by atoms with E-state index >= 15 is 0 Å². The van der Waals surface area contributed by atoms with E-state index in [0.29, 0.717) is 12.8 Å². The molecule has 0 bridgehead atoms. The van der Waals surface area contributed by atoms with E-state index in [1.807, 2.05) is 6.07 Å². The number of rotatable bonds is 2. The smallest absolute Gasteiger partial charge is 0.315 e. The zero-order valence-electron chi connectivity index (χ0n) is 6.96. The van der Waals surface area contributed by atoms with Crippen molar-refractivity contribution in [3.05, 3.63) is 0 Å². The Morgan fingerprint density at radius 1 is 1.54 bits per heavy atom. The molecule has 0 aromatic rings. The van der Waals surface area contributed by atoms with Crippen molar-refractivity contribution >= 4 is 5.91 Å². The number of nitrogens with one attached hydrogen (secondary N) is 1. The number of halogens is 2. The quantitative estimate of drug-likeness (QED) is 0.704. The molecule has 0 radical (unpaired) electrons. The summed E-state index contributed by atoms with van der Waals surface area (Å²) in [7, 11) is 0. The summed E-state index contributed by atoms with van der Waals surface area (Å²) < 4.78 is 23.6. The second-order valence-corrected chi connectivity index (χ2v) is 3.08. The highest BCUT2D eigenvalue weighted by atomic mass is 19.3. The number of carbonyl (C=O) groups excluding carboxylic acids is 1. The third kappa shape index (κ3) is 2.38. The highest BCUT2D eigenvalue weighted by Crippen LogP contribution is 2.24. The second kappa shape index (κ2) is 4.17. The summed E-state index contributed by atoms with van der Waals surface area (Å²) in [6.07, 6.45) is -0.867. The highest BCUT2D eigenvalue weighted by Gasteiger charge is 2.30. The van der Waals surface area contributed by atoms with Gasteiger partial charge in [-0.25, -0.2) is 0 Å². The molecular formula is C8H10F2N2O. The Hall–Kier alpha value is -1.18. The summed E-state index contributed by atoms with van der Waals surface area (Å²) in [4.78, 5) is 10.6. The summed E-state index contributed by atoms with van der Waals surface area (Å²) in [5.74, 6) is -1.57. The van der Waals surface area contributed by atoms with Gasteiger partial charge < -0.3 is 5.32 Å². The van der Waals surface area contributed by atoms with Crippen LogP contribution in [0.5, 0.6) is 0 Å². The Morgan fingerprint density at radius 3 is 2.77 bits per heavy atom. The summed E-state index contributed by atoms with van der Waals surface area (Å²) in [6, 6.07) is 1.62. The van der Waals surface area contributed by atoms with Crippen LogP contribution in [0.15, 0.2) is 0 Å². The van der Waals surface area contributed by atoms with Gasteiger partial charge >= 0.3 is 6.43 Å². The van der Waals surface area contributed by atoms with Gasteiger partial charge in [0, 0.05) is 6.04 Å². The number of alkyl halides is 2. The van der Waals surface area contributed by atoms with Gasteiger partial charge in [0.2, 0.25) is 0 Å². The predicted octanol–water partition coefficient (Wildman–Crippen LogP) is 1.06. The molecule has 0 aromatic heterocycles. The van der Waals surface area contributed by atoms with Crippen LogP contribution in [0.1, 0.15) is 19.3 Å². The van der Waals surface area contributed by atoms with Crippen LogP contribution in [0, 0.1) is 17.2 Å². The van der Waals surface area contributed by atoms with Crippen molar-refractivity contribution < 1.29 is 13.6 Å². The van der Waals surface area contributed by atoms with Gasteiger partial charge in [-0.1, -0.05) is 0 Å². The lowest BCUT2D eigenvalue weighted by Gasteiger charge is -2.14. The molecule has 2 unspecified atom stereocenters. The summed E-state index contributed by atoms with van der Waals surface area (Å²) in [6.45, 7) is 0. The van der Waals surface area contributed by atoms with E-state index in [1.54, 1.807) is 0 Å². The molecule has 5 heteroatoms. The molecule has 0 aromatic carbocycles. The van der Waals surface area contributed by atoms with Crippen LogP contribution in [-0.2, 0) is 4.79 Å². The average Bonchev–Trinajstić information content (AvgIpc) is 2.51. The maximum Gasteiger partial charge on any atom is 0.315 e. The van der Waals surface area contributed by atoms with Crippen LogP contribution in [0.4, 0.5) is 8.78 Å². The summed E-state index contributed by atoms with van der Waals surface area (Å²) in [5, 5.41) is 10.8. The molecule has 1 amide bonds. The van der Waals surface area contributed by atoms with Crippen LogP contribution >= 0.6 is 0 Å². The third-order valence-corrected chi connectivity index (χ3v) is 2.21. The number of hydrogen-bond donors (Lipinski definition) is 1. The molecule has 1 aliphatic carbocycles. The maximum absolute atomic E-state index is 11.8. The fourth-order valence-corrected chi connectivity index (χ4v) is 1.53. The first-order valence-corrected chi connectivity index (χ1v) is 4.13. The lowest BCUT2D eigenvalue weighted by atomic mass is 10.1. The molecule has 72 valence electrons. The van der Waals surface area contributed by atoms with Crippen molar-refractivity contribution in [3.8, 4) is 6.07 Å². The number of carbonyl (C=O) groups is 1. The predicted molar refractivity (Wildman–Crippen MR) is 40.9 cm³/mol. The van der Waals surface area contributed by atoms with Gasteiger partial charge in [-0.2, -0.15) is 14.0 Å². The standard InChI is InChI=1S/C8H10F2N2O/c9-7(10)8(13)12-6-3-1-2-5(6)4-11/h5-7H,1-3H2,(H,12,13). The molecule has 1 aliphatic rings. The molecular weight excluding hydrogens is 178 g/mol.